The number of carbonyl (C=O) groups is 1. The van der Waals surface area contributed by atoms with Crippen LogP contribution in [0.4, 0.5) is 5.13 Å². The fraction of sp³-hybridized carbons (Fsp3) is 0.304. The molecule has 0 bridgehead atoms. The predicted molar refractivity (Wildman–Crippen MR) is 116 cm³/mol. The highest BCUT2D eigenvalue weighted by molar-refractivity contribution is 7.14. The van der Waals surface area contributed by atoms with Crippen molar-refractivity contribution in [3.8, 4) is 17.0 Å². The predicted octanol–water partition coefficient (Wildman–Crippen LogP) is 5.82. The fourth-order valence-electron chi connectivity index (χ4n) is 2.80. The molecule has 5 heteroatoms. The first-order chi connectivity index (χ1) is 13.5. The maximum absolute atomic E-state index is 12.3. The van der Waals surface area contributed by atoms with E-state index < -0.39 is 0 Å². The van der Waals surface area contributed by atoms with Crippen LogP contribution in [0.5, 0.6) is 5.75 Å². The monoisotopic (exact) mass is 394 g/mol. The van der Waals surface area contributed by atoms with Crippen LogP contribution in [0, 0.1) is 6.92 Å². The number of hydrogen-bond acceptors (Lipinski definition) is 4. The zero-order valence-corrected chi connectivity index (χ0v) is 17.6. The van der Waals surface area contributed by atoms with Crippen molar-refractivity contribution in [2.75, 3.05) is 11.9 Å². The topological polar surface area (TPSA) is 51.2 Å². The summed E-state index contributed by atoms with van der Waals surface area (Å²) >= 11 is 1.42. The molecule has 28 heavy (non-hydrogen) atoms. The Morgan fingerprint density at radius 2 is 1.93 bits per heavy atom. The van der Waals surface area contributed by atoms with Crippen LogP contribution >= 0.6 is 11.3 Å². The van der Waals surface area contributed by atoms with E-state index in [4.69, 9.17) is 4.74 Å². The number of benzene rings is 2. The number of amides is 1. The van der Waals surface area contributed by atoms with Crippen molar-refractivity contribution in [1.82, 2.24) is 4.98 Å². The summed E-state index contributed by atoms with van der Waals surface area (Å²) < 4.78 is 5.74. The molecule has 2 aromatic carbocycles. The third-order valence-corrected chi connectivity index (χ3v) is 5.40. The lowest BCUT2D eigenvalue weighted by Crippen LogP contribution is -2.20. The first kappa shape index (κ1) is 20.1. The molecule has 0 fully saturated rings. The summed E-state index contributed by atoms with van der Waals surface area (Å²) in [4.78, 5) is 16.8. The second-order valence-corrected chi connectivity index (χ2v) is 7.96. The van der Waals surface area contributed by atoms with E-state index in [1.54, 1.807) is 0 Å². The largest absolute Gasteiger partial charge is 0.483 e. The second kappa shape index (κ2) is 9.02. The van der Waals surface area contributed by atoms with Gasteiger partial charge in [0.1, 0.15) is 5.75 Å². The van der Waals surface area contributed by atoms with E-state index in [-0.39, 0.29) is 12.5 Å². The van der Waals surface area contributed by atoms with E-state index in [0.29, 0.717) is 11.0 Å². The van der Waals surface area contributed by atoms with Gasteiger partial charge in [0, 0.05) is 10.9 Å². The Labute approximate surface area is 170 Å². The molecule has 0 saturated heterocycles. The van der Waals surface area contributed by atoms with Gasteiger partial charge >= 0.3 is 0 Å². The molecule has 3 aromatic rings. The van der Waals surface area contributed by atoms with E-state index in [1.807, 2.05) is 24.4 Å². The summed E-state index contributed by atoms with van der Waals surface area (Å²) in [6.07, 6.45) is 1.01. The van der Waals surface area contributed by atoms with E-state index in [9.17, 15) is 4.79 Å². The van der Waals surface area contributed by atoms with E-state index in [1.165, 1.54) is 22.5 Å². The second-order valence-electron chi connectivity index (χ2n) is 7.10. The number of aryl methyl sites for hydroxylation is 2. The number of aromatic nitrogens is 1. The van der Waals surface area contributed by atoms with Gasteiger partial charge in [-0.15, -0.1) is 11.3 Å². The van der Waals surface area contributed by atoms with Crippen LogP contribution in [0.3, 0.4) is 0 Å². The van der Waals surface area contributed by atoms with Crippen LogP contribution < -0.4 is 10.1 Å². The molecule has 4 nitrogen and oxygen atoms in total. The summed E-state index contributed by atoms with van der Waals surface area (Å²) in [5.74, 6) is 0.950. The van der Waals surface area contributed by atoms with Crippen LogP contribution in [-0.2, 0) is 11.2 Å². The molecule has 0 unspecified atom stereocenters. The zero-order valence-electron chi connectivity index (χ0n) is 16.8. The van der Waals surface area contributed by atoms with Gasteiger partial charge in [0.05, 0.1) is 5.69 Å². The minimum Gasteiger partial charge on any atom is -0.483 e. The highest BCUT2D eigenvalue weighted by Gasteiger charge is 2.11. The summed E-state index contributed by atoms with van der Waals surface area (Å²) in [5.41, 5.74) is 5.42. The van der Waals surface area contributed by atoms with Crippen molar-refractivity contribution in [2.45, 2.75) is 40.0 Å². The molecule has 0 aliphatic carbocycles. The average Bonchev–Trinajstić information content (AvgIpc) is 3.15. The smallest absolute Gasteiger partial charge is 0.264 e. The van der Waals surface area contributed by atoms with Gasteiger partial charge < -0.3 is 4.74 Å². The molecule has 0 spiro atoms. The standard InChI is InChI=1S/C23H26N2O2S/c1-5-17-7-10-18(11-8-17)20-14-28-23(24-20)25-22(26)13-27-21-12-19(15(2)3)9-6-16(21)4/h6-12,14-15H,5,13H2,1-4H3,(H,24,25,26). The van der Waals surface area contributed by atoms with Gasteiger partial charge in [0.2, 0.25) is 0 Å². The Kier molecular flexibility index (Phi) is 6.47. The minimum atomic E-state index is -0.211. The van der Waals surface area contributed by atoms with Crippen LogP contribution in [0.15, 0.2) is 47.8 Å². The lowest BCUT2D eigenvalue weighted by Gasteiger charge is -2.12. The number of carbonyl (C=O) groups excluding carboxylic acids is 1. The molecule has 1 N–H and O–H groups in total. The Balaban J connectivity index is 1.60. The first-order valence-electron chi connectivity index (χ1n) is 9.54. The summed E-state index contributed by atoms with van der Waals surface area (Å²) in [5, 5.41) is 5.36. The van der Waals surface area contributed by atoms with Gasteiger partial charge in [0.25, 0.3) is 5.91 Å². The molecule has 1 amide bonds. The maximum atomic E-state index is 12.3. The highest BCUT2D eigenvalue weighted by atomic mass is 32.1. The van der Waals surface area contributed by atoms with Gasteiger partial charge in [-0.2, -0.15) is 0 Å². The van der Waals surface area contributed by atoms with Crippen LogP contribution in [0.1, 0.15) is 43.4 Å². The minimum absolute atomic E-state index is 0.0392. The fourth-order valence-corrected chi connectivity index (χ4v) is 3.54. The van der Waals surface area contributed by atoms with Crippen molar-refractivity contribution >= 4 is 22.4 Å². The van der Waals surface area contributed by atoms with Crippen molar-refractivity contribution in [1.29, 1.82) is 0 Å². The number of hydrogen-bond donors (Lipinski definition) is 1. The van der Waals surface area contributed by atoms with Gasteiger partial charge in [-0.05, 0) is 42.0 Å². The van der Waals surface area contributed by atoms with Crippen molar-refractivity contribution in [3.05, 3.63) is 64.5 Å². The molecule has 0 aliphatic heterocycles. The quantitative estimate of drug-likeness (QED) is 0.549. The van der Waals surface area contributed by atoms with E-state index in [0.717, 1.165) is 29.0 Å². The summed E-state index contributed by atoms with van der Waals surface area (Å²) in [6.45, 7) is 8.35. The number of anilines is 1. The van der Waals surface area contributed by atoms with Gasteiger partial charge in [-0.3, -0.25) is 10.1 Å². The first-order valence-corrected chi connectivity index (χ1v) is 10.4. The van der Waals surface area contributed by atoms with Crippen molar-refractivity contribution in [3.63, 3.8) is 0 Å². The normalized spacial score (nSPS) is 10.9. The molecule has 3 rings (SSSR count). The maximum Gasteiger partial charge on any atom is 0.264 e. The summed E-state index contributed by atoms with van der Waals surface area (Å²) in [6, 6.07) is 14.5. The van der Waals surface area contributed by atoms with Crippen LogP contribution in [0.2, 0.25) is 0 Å². The molecule has 0 aliphatic rings. The Hall–Kier alpha value is -2.66. The Bertz CT molecular complexity index is 945. The molecule has 0 radical (unpaired) electrons. The van der Waals surface area contributed by atoms with Gasteiger partial charge in [-0.1, -0.05) is 57.2 Å². The Morgan fingerprint density at radius 1 is 1.18 bits per heavy atom. The number of thiazole rings is 1. The molecular formula is C23H26N2O2S. The van der Waals surface area contributed by atoms with Crippen molar-refractivity contribution < 1.29 is 9.53 Å². The van der Waals surface area contributed by atoms with Gasteiger partial charge in [0.15, 0.2) is 11.7 Å². The molecule has 0 saturated carbocycles. The number of nitrogens with one attached hydrogen (secondary N) is 1. The van der Waals surface area contributed by atoms with E-state index in [2.05, 4.69) is 61.4 Å². The number of ether oxygens (including phenoxy) is 1. The SMILES string of the molecule is CCc1ccc(-c2csc(NC(=O)COc3cc(C(C)C)ccc3C)n2)cc1. The van der Waals surface area contributed by atoms with E-state index >= 15 is 0 Å². The molecule has 146 valence electrons. The average molecular weight is 395 g/mol. The van der Waals surface area contributed by atoms with Gasteiger partial charge in [-0.25, -0.2) is 4.98 Å². The van der Waals surface area contributed by atoms with Crippen LogP contribution in [0.25, 0.3) is 11.3 Å². The highest BCUT2D eigenvalue weighted by Crippen LogP contribution is 2.26. The lowest BCUT2D eigenvalue weighted by molar-refractivity contribution is -0.118. The Morgan fingerprint density at radius 3 is 2.61 bits per heavy atom. The zero-order chi connectivity index (χ0) is 20.1. The third-order valence-electron chi connectivity index (χ3n) is 4.65. The van der Waals surface area contributed by atoms with Crippen molar-refractivity contribution in [2.24, 2.45) is 0 Å². The lowest BCUT2D eigenvalue weighted by atomic mass is 10.0. The molecule has 0 atom stereocenters. The molecular weight excluding hydrogens is 368 g/mol. The summed E-state index contributed by atoms with van der Waals surface area (Å²) in [7, 11) is 0. The number of rotatable bonds is 7. The third kappa shape index (κ3) is 4.98. The number of nitrogens with zero attached hydrogens (tertiary/aromatic N) is 1. The molecule has 1 heterocycles. The molecule has 1 aromatic heterocycles. The van der Waals surface area contributed by atoms with Crippen LogP contribution in [-0.4, -0.2) is 17.5 Å².